The van der Waals surface area contributed by atoms with E-state index in [1.54, 1.807) is 0 Å². The van der Waals surface area contributed by atoms with Crippen LogP contribution in [0.4, 0.5) is 0 Å². The van der Waals surface area contributed by atoms with Crippen molar-refractivity contribution in [2.75, 3.05) is 0 Å². The van der Waals surface area contributed by atoms with Gasteiger partial charge in [0.1, 0.15) is 0 Å². The Morgan fingerprint density at radius 1 is 1.29 bits per heavy atom. The molecule has 1 N–H and O–H groups in total. The Labute approximate surface area is 102 Å². The van der Waals surface area contributed by atoms with Crippen LogP contribution in [-0.4, -0.2) is 10.2 Å². The summed E-state index contributed by atoms with van der Waals surface area (Å²) >= 11 is 0. The van der Waals surface area contributed by atoms with Crippen LogP contribution >= 0.6 is 0 Å². The molecule has 2 nitrogen and oxygen atoms in total. The average Bonchev–Trinajstić information content (AvgIpc) is 2.82. The molecule has 17 heavy (non-hydrogen) atoms. The van der Waals surface area contributed by atoms with Crippen molar-refractivity contribution in [1.82, 2.24) is 10.2 Å². The maximum absolute atomic E-state index is 4.54. The first kappa shape index (κ1) is 10.6. The Morgan fingerprint density at radius 2 is 2.12 bits per heavy atom. The van der Waals surface area contributed by atoms with E-state index in [0.717, 1.165) is 19.3 Å². The molecule has 1 aromatic heterocycles. The van der Waals surface area contributed by atoms with Gasteiger partial charge in [0.25, 0.3) is 0 Å². The summed E-state index contributed by atoms with van der Waals surface area (Å²) in [6, 6.07) is 8.63. The Hall–Kier alpha value is -1.57. The van der Waals surface area contributed by atoms with E-state index in [4.69, 9.17) is 0 Å². The van der Waals surface area contributed by atoms with E-state index in [1.165, 1.54) is 28.1 Å². The van der Waals surface area contributed by atoms with Gasteiger partial charge in [0, 0.05) is 16.8 Å². The predicted molar refractivity (Wildman–Crippen MR) is 70.1 cm³/mol. The maximum Gasteiger partial charge on any atom is 0.0958 e. The lowest BCUT2D eigenvalue weighted by Crippen LogP contribution is -2.05. The molecular formula is C15H18N2. The molecule has 1 heterocycles. The highest BCUT2D eigenvalue weighted by Gasteiger charge is 2.23. The van der Waals surface area contributed by atoms with Crippen molar-refractivity contribution in [3.63, 3.8) is 0 Å². The number of H-pyrrole nitrogens is 1. The number of rotatable bonds is 2. The lowest BCUT2D eigenvalue weighted by Gasteiger charge is -2.17. The lowest BCUT2D eigenvalue weighted by molar-refractivity contribution is 0.693. The number of hydrogen-bond acceptors (Lipinski definition) is 1. The molecule has 88 valence electrons. The van der Waals surface area contributed by atoms with Crippen molar-refractivity contribution in [1.29, 1.82) is 0 Å². The zero-order chi connectivity index (χ0) is 11.8. The molecular weight excluding hydrogens is 208 g/mol. The molecule has 1 aromatic carbocycles. The second-order valence-electron chi connectivity index (χ2n) is 4.93. The van der Waals surface area contributed by atoms with E-state index in [2.05, 4.69) is 48.3 Å². The average molecular weight is 226 g/mol. The Morgan fingerprint density at radius 3 is 2.94 bits per heavy atom. The fourth-order valence-corrected chi connectivity index (χ4v) is 2.70. The van der Waals surface area contributed by atoms with Crippen LogP contribution in [0.5, 0.6) is 0 Å². The molecule has 0 unspecified atom stereocenters. The van der Waals surface area contributed by atoms with Gasteiger partial charge in [0.15, 0.2) is 0 Å². The van der Waals surface area contributed by atoms with Crippen molar-refractivity contribution in [2.45, 2.75) is 39.0 Å². The third-order valence-electron chi connectivity index (χ3n) is 3.92. The van der Waals surface area contributed by atoms with Crippen molar-refractivity contribution in [2.24, 2.45) is 0 Å². The highest BCUT2D eigenvalue weighted by molar-refractivity contribution is 5.70. The number of nitrogens with zero attached hydrogens (tertiary/aromatic N) is 1. The summed E-state index contributed by atoms with van der Waals surface area (Å²) in [5.41, 5.74) is 6.72. The zero-order valence-electron chi connectivity index (χ0n) is 10.5. The van der Waals surface area contributed by atoms with Crippen molar-refractivity contribution in [3.8, 4) is 11.3 Å². The number of fused-ring (bicyclic) bond motifs is 3. The Balaban J connectivity index is 2.13. The highest BCUT2D eigenvalue weighted by Crippen LogP contribution is 2.35. The minimum absolute atomic E-state index is 0.580. The molecule has 0 saturated heterocycles. The van der Waals surface area contributed by atoms with Gasteiger partial charge in [-0.2, -0.15) is 5.10 Å². The second kappa shape index (κ2) is 4.02. The molecule has 0 fully saturated rings. The van der Waals surface area contributed by atoms with Crippen molar-refractivity contribution in [3.05, 3.63) is 41.1 Å². The number of nitrogens with one attached hydrogen (secondary N) is 1. The quantitative estimate of drug-likeness (QED) is 0.831. The van der Waals surface area contributed by atoms with E-state index in [-0.39, 0.29) is 0 Å². The third-order valence-corrected chi connectivity index (χ3v) is 3.92. The van der Waals surface area contributed by atoms with Gasteiger partial charge in [-0.25, -0.2) is 0 Å². The van der Waals surface area contributed by atoms with E-state index >= 15 is 0 Å². The van der Waals surface area contributed by atoms with Gasteiger partial charge in [-0.05, 0) is 30.7 Å². The molecule has 2 heteroatoms. The molecule has 0 radical (unpaired) electrons. The minimum atomic E-state index is 0.580. The van der Waals surface area contributed by atoms with Crippen LogP contribution in [0.3, 0.4) is 0 Å². The SMILES string of the molecule is CC[C@@H](C)c1[nH]nc2c1CCc1ccccc1-2. The fraction of sp³-hybridized carbons (Fsp3) is 0.400. The summed E-state index contributed by atoms with van der Waals surface area (Å²) in [6.45, 7) is 4.50. The van der Waals surface area contributed by atoms with Crippen LogP contribution in [0, 0.1) is 0 Å². The van der Waals surface area contributed by atoms with Gasteiger partial charge in [0.2, 0.25) is 0 Å². The molecule has 0 aliphatic heterocycles. The summed E-state index contributed by atoms with van der Waals surface area (Å²) in [6.07, 6.45) is 3.44. The van der Waals surface area contributed by atoms with Crippen LogP contribution < -0.4 is 0 Å². The van der Waals surface area contributed by atoms with Gasteiger partial charge in [-0.3, -0.25) is 5.10 Å². The summed E-state index contributed by atoms with van der Waals surface area (Å²) in [5.74, 6) is 0.580. The van der Waals surface area contributed by atoms with Crippen molar-refractivity contribution >= 4 is 0 Å². The molecule has 1 aliphatic rings. The van der Waals surface area contributed by atoms with Gasteiger partial charge >= 0.3 is 0 Å². The molecule has 2 aromatic rings. The van der Waals surface area contributed by atoms with E-state index < -0.39 is 0 Å². The van der Waals surface area contributed by atoms with E-state index in [0.29, 0.717) is 5.92 Å². The summed E-state index contributed by atoms with van der Waals surface area (Å²) in [5, 5.41) is 7.80. The van der Waals surface area contributed by atoms with Crippen molar-refractivity contribution < 1.29 is 0 Å². The van der Waals surface area contributed by atoms with Crippen LogP contribution in [0.25, 0.3) is 11.3 Å². The summed E-state index contributed by atoms with van der Waals surface area (Å²) in [4.78, 5) is 0. The largest absolute Gasteiger partial charge is 0.281 e. The van der Waals surface area contributed by atoms with Crippen LogP contribution in [0.1, 0.15) is 43.0 Å². The van der Waals surface area contributed by atoms with E-state index in [1.807, 2.05) is 0 Å². The number of benzene rings is 1. The predicted octanol–water partition coefficient (Wildman–Crippen LogP) is 3.69. The van der Waals surface area contributed by atoms with E-state index in [9.17, 15) is 0 Å². The van der Waals surface area contributed by atoms with Crippen LogP contribution in [0.2, 0.25) is 0 Å². The number of hydrogen-bond donors (Lipinski definition) is 1. The second-order valence-corrected chi connectivity index (χ2v) is 4.93. The smallest absolute Gasteiger partial charge is 0.0958 e. The first-order valence-electron chi connectivity index (χ1n) is 6.46. The molecule has 0 saturated carbocycles. The fourth-order valence-electron chi connectivity index (χ4n) is 2.70. The lowest BCUT2D eigenvalue weighted by atomic mass is 9.86. The first-order valence-corrected chi connectivity index (χ1v) is 6.46. The third kappa shape index (κ3) is 1.59. The molecule has 3 rings (SSSR count). The van der Waals surface area contributed by atoms with Gasteiger partial charge in [-0.1, -0.05) is 38.1 Å². The minimum Gasteiger partial charge on any atom is -0.281 e. The molecule has 0 bridgehead atoms. The Kier molecular flexibility index (Phi) is 2.50. The normalized spacial score (nSPS) is 15.2. The van der Waals surface area contributed by atoms with Gasteiger partial charge < -0.3 is 0 Å². The zero-order valence-corrected chi connectivity index (χ0v) is 10.5. The Bertz CT molecular complexity index is 540. The van der Waals surface area contributed by atoms with Crippen LogP contribution in [-0.2, 0) is 12.8 Å². The maximum atomic E-state index is 4.54. The van der Waals surface area contributed by atoms with Gasteiger partial charge in [-0.15, -0.1) is 0 Å². The summed E-state index contributed by atoms with van der Waals surface area (Å²) < 4.78 is 0. The first-order chi connectivity index (χ1) is 8.31. The highest BCUT2D eigenvalue weighted by atomic mass is 15.1. The monoisotopic (exact) mass is 226 g/mol. The molecule has 0 amide bonds. The molecule has 1 atom stereocenters. The van der Waals surface area contributed by atoms with Crippen LogP contribution in [0.15, 0.2) is 24.3 Å². The van der Waals surface area contributed by atoms with Gasteiger partial charge in [0.05, 0.1) is 5.69 Å². The standard InChI is InChI=1S/C15H18N2/c1-3-10(2)14-13-9-8-11-6-4-5-7-12(11)15(13)17-16-14/h4-7,10H,3,8-9H2,1-2H3,(H,16,17)/t10-/m1/s1. The number of aromatic nitrogens is 2. The number of aryl methyl sites for hydroxylation is 1. The summed E-state index contributed by atoms with van der Waals surface area (Å²) in [7, 11) is 0. The number of aromatic amines is 1. The topological polar surface area (TPSA) is 28.7 Å². The molecule has 1 aliphatic carbocycles. The molecule has 0 spiro atoms.